The molecular formula is C12H17N5O3. The summed E-state index contributed by atoms with van der Waals surface area (Å²) >= 11 is 0. The first-order valence-corrected chi connectivity index (χ1v) is 6.57. The minimum atomic E-state index is -1.10. The molecule has 2 amide bonds. The summed E-state index contributed by atoms with van der Waals surface area (Å²) in [6.45, 7) is 5.31. The van der Waals surface area contributed by atoms with Gasteiger partial charge in [-0.3, -0.25) is 0 Å². The van der Waals surface area contributed by atoms with Crippen molar-refractivity contribution < 1.29 is 14.7 Å². The summed E-state index contributed by atoms with van der Waals surface area (Å²) in [5, 5.41) is 19.1. The number of amides is 2. The number of carboxylic acids is 1. The van der Waals surface area contributed by atoms with E-state index in [4.69, 9.17) is 5.11 Å². The lowest BCUT2D eigenvalue weighted by molar-refractivity contribution is 0.0690. The summed E-state index contributed by atoms with van der Waals surface area (Å²) in [4.78, 5) is 24.3. The van der Waals surface area contributed by atoms with Gasteiger partial charge >= 0.3 is 12.0 Å². The van der Waals surface area contributed by atoms with Gasteiger partial charge in [-0.1, -0.05) is 19.1 Å². The van der Waals surface area contributed by atoms with Gasteiger partial charge in [0.25, 0.3) is 0 Å². The number of nitrogens with one attached hydrogen (secondary N) is 1. The van der Waals surface area contributed by atoms with E-state index in [1.54, 1.807) is 4.90 Å². The first kappa shape index (κ1) is 12.9. The van der Waals surface area contributed by atoms with Crippen LogP contribution in [0.1, 0.15) is 36.8 Å². The van der Waals surface area contributed by atoms with Crippen molar-refractivity contribution in [1.82, 2.24) is 25.2 Å². The second-order valence-electron chi connectivity index (χ2n) is 6.14. The van der Waals surface area contributed by atoms with Crippen LogP contribution in [0.15, 0.2) is 6.20 Å². The number of carbonyl (C=O) groups is 2. The third-order valence-electron chi connectivity index (χ3n) is 4.06. The maximum atomic E-state index is 11.9. The van der Waals surface area contributed by atoms with Gasteiger partial charge in [-0.05, 0) is 11.8 Å². The van der Waals surface area contributed by atoms with Crippen LogP contribution in [0.25, 0.3) is 0 Å². The summed E-state index contributed by atoms with van der Waals surface area (Å²) in [5.41, 5.74) is 0.134. The van der Waals surface area contributed by atoms with Crippen LogP contribution in [-0.2, 0) is 0 Å². The Bertz CT molecular complexity index is 561. The van der Waals surface area contributed by atoms with E-state index < -0.39 is 5.97 Å². The summed E-state index contributed by atoms with van der Waals surface area (Å²) in [5.74, 6) is -1.10. The molecule has 108 valence electrons. The first-order chi connectivity index (χ1) is 9.37. The molecule has 2 heterocycles. The van der Waals surface area contributed by atoms with Crippen LogP contribution in [-0.4, -0.2) is 56.1 Å². The van der Waals surface area contributed by atoms with Crippen LogP contribution in [0, 0.1) is 5.41 Å². The number of carbonyl (C=O) groups excluding carboxylic acids is 1. The van der Waals surface area contributed by atoms with Crippen molar-refractivity contribution in [3.63, 3.8) is 0 Å². The fourth-order valence-electron chi connectivity index (χ4n) is 2.30. The molecule has 1 atom stereocenters. The average Bonchev–Trinajstić information content (AvgIpc) is 2.75. The number of carboxylic acid groups (broad SMARTS) is 1. The molecule has 0 radical (unpaired) electrons. The molecule has 1 saturated carbocycles. The van der Waals surface area contributed by atoms with Gasteiger partial charge in [0.05, 0.1) is 12.2 Å². The maximum Gasteiger partial charge on any atom is 0.358 e. The molecule has 2 aliphatic rings. The van der Waals surface area contributed by atoms with E-state index in [0.717, 1.165) is 6.42 Å². The van der Waals surface area contributed by atoms with Crippen molar-refractivity contribution in [2.45, 2.75) is 32.4 Å². The van der Waals surface area contributed by atoms with Gasteiger partial charge in [-0.2, -0.15) is 0 Å². The van der Waals surface area contributed by atoms with Crippen LogP contribution in [0.5, 0.6) is 0 Å². The van der Waals surface area contributed by atoms with Gasteiger partial charge in [-0.15, -0.1) is 5.10 Å². The van der Waals surface area contributed by atoms with Crippen molar-refractivity contribution in [2.24, 2.45) is 5.41 Å². The molecule has 3 rings (SSSR count). The predicted octanol–water partition coefficient (Wildman–Crippen LogP) is 0.341. The van der Waals surface area contributed by atoms with Crippen LogP contribution < -0.4 is 5.32 Å². The van der Waals surface area contributed by atoms with Crippen LogP contribution in [0.3, 0.4) is 0 Å². The molecule has 0 bridgehead atoms. The van der Waals surface area contributed by atoms with E-state index in [9.17, 15) is 9.59 Å². The Labute approximate surface area is 115 Å². The van der Waals surface area contributed by atoms with E-state index >= 15 is 0 Å². The Morgan fingerprint density at radius 1 is 1.45 bits per heavy atom. The Morgan fingerprint density at radius 2 is 2.10 bits per heavy atom. The molecule has 1 aliphatic heterocycles. The molecule has 2 fully saturated rings. The van der Waals surface area contributed by atoms with E-state index in [-0.39, 0.29) is 29.2 Å². The molecule has 8 heteroatoms. The second-order valence-corrected chi connectivity index (χ2v) is 6.14. The smallest absolute Gasteiger partial charge is 0.358 e. The largest absolute Gasteiger partial charge is 0.476 e. The van der Waals surface area contributed by atoms with E-state index in [2.05, 4.69) is 29.5 Å². The Balaban J connectivity index is 1.50. The molecule has 1 saturated heterocycles. The van der Waals surface area contributed by atoms with Crippen molar-refractivity contribution >= 4 is 12.0 Å². The summed E-state index contributed by atoms with van der Waals surface area (Å²) < 4.78 is 1.51. The normalized spacial score (nSPS) is 24.1. The number of likely N-dealkylation sites (tertiary alicyclic amines) is 1. The zero-order chi connectivity index (χ0) is 14.5. The SMILES string of the molecule is CC1(C)CC1NC(=O)N1CC(n2cc(C(=O)O)nn2)C1. The highest BCUT2D eigenvalue weighted by molar-refractivity contribution is 5.84. The lowest BCUT2D eigenvalue weighted by Crippen LogP contribution is -2.55. The van der Waals surface area contributed by atoms with Crippen molar-refractivity contribution in [3.8, 4) is 0 Å². The number of nitrogens with zero attached hydrogens (tertiary/aromatic N) is 4. The number of hydrogen-bond donors (Lipinski definition) is 2. The van der Waals surface area contributed by atoms with Gasteiger partial charge in [0.15, 0.2) is 5.69 Å². The number of aromatic nitrogens is 3. The molecule has 0 aromatic carbocycles. The lowest BCUT2D eigenvalue weighted by atomic mass is 10.1. The third-order valence-corrected chi connectivity index (χ3v) is 4.06. The Kier molecular flexibility index (Phi) is 2.70. The molecule has 1 unspecified atom stereocenters. The van der Waals surface area contributed by atoms with E-state index in [1.807, 2.05) is 0 Å². The predicted molar refractivity (Wildman–Crippen MR) is 68.3 cm³/mol. The van der Waals surface area contributed by atoms with Gasteiger partial charge in [0, 0.05) is 19.1 Å². The lowest BCUT2D eigenvalue weighted by Gasteiger charge is -2.38. The van der Waals surface area contributed by atoms with E-state index in [0.29, 0.717) is 13.1 Å². The Morgan fingerprint density at radius 3 is 2.60 bits per heavy atom. The molecule has 2 N–H and O–H groups in total. The zero-order valence-electron chi connectivity index (χ0n) is 11.4. The highest BCUT2D eigenvalue weighted by Crippen LogP contribution is 2.44. The zero-order valence-corrected chi connectivity index (χ0v) is 11.4. The number of hydrogen-bond acceptors (Lipinski definition) is 4. The van der Waals surface area contributed by atoms with Crippen LogP contribution in [0.4, 0.5) is 4.79 Å². The number of urea groups is 1. The number of aromatic carboxylic acids is 1. The molecule has 1 aromatic rings. The minimum Gasteiger partial charge on any atom is -0.476 e. The third kappa shape index (κ3) is 2.21. The standard InChI is InChI=1S/C12H17N5O3/c1-12(2)3-9(12)13-11(20)16-4-7(5-16)17-6-8(10(18)19)14-15-17/h6-7,9H,3-5H2,1-2H3,(H,13,20)(H,18,19). The van der Waals surface area contributed by atoms with Crippen molar-refractivity contribution in [1.29, 1.82) is 0 Å². The fourth-order valence-corrected chi connectivity index (χ4v) is 2.30. The quantitative estimate of drug-likeness (QED) is 0.831. The van der Waals surface area contributed by atoms with Crippen molar-refractivity contribution in [3.05, 3.63) is 11.9 Å². The van der Waals surface area contributed by atoms with Crippen LogP contribution in [0.2, 0.25) is 0 Å². The summed E-state index contributed by atoms with van der Waals surface area (Å²) in [6, 6.07) is 0.211. The topological polar surface area (TPSA) is 100 Å². The molecule has 20 heavy (non-hydrogen) atoms. The maximum absolute atomic E-state index is 11.9. The monoisotopic (exact) mass is 279 g/mol. The summed E-state index contributed by atoms with van der Waals surface area (Å²) in [6.07, 6.45) is 2.41. The van der Waals surface area contributed by atoms with Gasteiger partial charge in [-0.25, -0.2) is 14.3 Å². The molecule has 1 aliphatic carbocycles. The highest BCUT2D eigenvalue weighted by Gasteiger charge is 2.47. The van der Waals surface area contributed by atoms with Crippen molar-refractivity contribution in [2.75, 3.05) is 13.1 Å². The fraction of sp³-hybridized carbons (Fsp3) is 0.667. The van der Waals surface area contributed by atoms with Gasteiger partial charge < -0.3 is 15.3 Å². The molecule has 1 aromatic heterocycles. The highest BCUT2D eigenvalue weighted by atomic mass is 16.4. The second kappa shape index (κ2) is 4.19. The average molecular weight is 279 g/mol. The first-order valence-electron chi connectivity index (χ1n) is 6.57. The molecule has 8 nitrogen and oxygen atoms in total. The molecule has 0 spiro atoms. The van der Waals surface area contributed by atoms with Gasteiger partial charge in [0.1, 0.15) is 0 Å². The minimum absolute atomic E-state index is 0.00793. The van der Waals surface area contributed by atoms with Crippen LogP contribution >= 0.6 is 0 Å². The molecular weight excluding hydrogens is 262 g/mol. The van der Waals surface area contributed by atoms with E-state index in [1.165, 1.54) is 10.9 Å². The summed E-state index contributed by atoms with van der Waals surface area (Å²) in [7, 11) is 0. The van der Waals surface area contributed by atoms with Gasteiger partial charge in [0.2, 0.25) is 0 Å². The Hall–Kier alpha value is -2.12. The number of rotatable bonds is 3.